The highest BCUT2D eigenvalue weighted by Gasteiger charge is 2.35. The van der Waals surface area contributed by atoms with E-state index >= 15 is 0 Å². The Labute approximate surface area is 190 Å². The molecule has 0 spiro atoms. The predicted octanol–water partition coefficient (Wildman–Crippen LogP) is 2.42. The number of nitrogens with zero attached hydrogens (tertiary/aromatic N) is 3. The number of carbonyl (C=O) groups excluding carboxylic acids is 1. The molecule has 31 heavy (non-hydrogen) atoms. The maximum Gasteiger partial charge on any atom is 0.267 e. The lowest BCUT2D eigenvalue weighted by Gasteiger charge is -2.21. The lowest BCUT2D eigenvalue weighted by Crippen LogP contribution is -2.36. The summed E-state index contributed by atoms with van der Waals surface area (Å²) in [7, 11) is 0. The minimum Gasteiger partial charge on any atom is -0.394 e. The molecule has 1 unspecified atom stereocenters. The van der Waals surface area contributed by atoms with Crippen molar-refractivity contribution in [3.63, 3.8) is 0 Å². The van der Waals surface area contributed by atoms with Crippen molar-refractivity contribution in [2.75, 3.05) is 31.7 Å². The van der Waals surface area contributed by atoms with E-state index in [1.54, 1.807) is 23.2 Å². The van der Waals surface area contributed by atoms with Gasteiger partial charge in [-0.1, -0.05) is 37.0 Å². The summed E-state index contributed by atoms with van der Waals surface area (Å²) >= 11 is 6.59. The van der Waals surface area contributed by atoms with E-state index in [0.29, 0.717) is 33.8 Å². The smallest absolute Gasteiger partial charge is 0.267 e. The number of nitrogens with one attached hydrogen (secondary N) is 1. The summed E-state index contributed by atoms with van der Waals surface area (Å²) in [6.07, 6.45) is 4.07. The van der Waals surface area contributed by atoms with E-state index in [1.807, 2.05) is 26.8 Å². The number of anilines is 1. The lowest BCUT2D eigenvalue weighted by molar-refractivity contribution is -0.123. The lowest BCUT2D eigenvalue weighted by atomic mass is 10.2. The van der Waals surface area contributed by atoms with Crippen molar-refractivity contribution in [3.05, 3.63) is 44.7 Å². The molecule has 8 nitrogen and oxygen atoms in total. The van der Waals surface area contributed by atoms with Crippen LogP contribution in [0.25, 0.3) is 11.7 Å². The van der Waals surface area contributed by atoms with Crippen LogP contribution < -0.4 is 10.9 Å². The number of aliphatic hydroxyl groups is 1. The van der Waals surface area contributed by atoms with Crippen molar-refractivity contribution >= 4 is 51.7 Å². The first-order valence-electron chi connectivity index (χ1n) is 10.1. The second-order valence-electron chi connectivity index (χ2n) is 7.19. The second-order valence-corrected chi connectivity index (χ2v) is 8.86. The molecule has 166 valence electrons. The van der Waals surface area contributed by atoms with E-state index in [0.717, 1.165) is 12.0 Å². The third kappa shape index (κ3) is 5.15. The average Bonchev–Trinajstić information content (AvgIpc) is 3.03. The Morgan fingerprint density at radius 3 is 2.84 bits per heavy atom. The van der Waals surface area contributed by atoms with Gasteiger partial charge in [0.25, 0.3) is 11.5 Å². The molecule has 10 heteroatoms. The van der Waals surface area contributed by atoms with Gasteiger partial charge in [-0.3, -0.25) is 18.9 Å². The highest BCUT2D eigenvalue weighted by Crippen LogP contribution is 2.34. The zero-order valence-electron chi connectivity index (χ0n) is 17.8. The minimum atomic E-state index is -0.277. The molecule has 0 bridgehead atoms. The number of rotatable bonds is 9. The molecule has 0 aliphatic carbocycles. The van der Waals surface area contributed by atoms with Gasteiger partial charge in [0, 0.05) is 18.8 Å². The van der Waals surface area contributed by atoms with Crippen LogP contribution in [-0.2, 0) is 9.53 Å². The van der Waals surface area contributed by atoms with Crippen molar-refractivity contribution in [3.8, 4) is 0 Å². The third-order valence-corrected chi connectivity index (χ3v) is 6.24. The standard InChI is InChI=1S/C21H26N4O4S2/c1-4-14(3)25-20(28)16(31-21(25)30)11-15-18(22-7-9-29-10-8-26)23-17-6-5-13(2)12-24(17)19(15)27/h5-6,11-12,14,22,26H,4,7-10H2,1-3H3. The van der Waals surface area contributed by atoms with Gasteiger partial charge in [-0.25, -0.2) is 4.98 Å². The zero-order valence-corrected chi connectivity index (χ0v) is 19.4. The van der Waals surface area contributed by atoms with E-state index < -0.39 is 0 Å². The number of thioether (sulfide) groups is 1. The molecule has 2 N–H and O–H groups in total. The predicted molar refractivity (Wildman–Crippen MR) is 127 cm³/mol. The van der Waals surface area contributed by atoms with Gasteiger partial charge in [0.1, 0.15) is 15.8 Å². The number of pyridine rings is 1. The van der Waals surface area contributed by atoms with Crippen LogP contribution in [0.2, 0.25) is 0 Å². The number of thiocarbonyl (C=S) groups is 1. The van der Waals surface area contributed by atoms with Crippen LogP contribution in [0, 0.1) is 6.92 Å². The number of carbonyl (C=O) groups is 1. The summed E-state index contributed by atoms with van der Waals surface area (Å²) in [5.41, 5.74) is 1.43. The number of aromatic nitrogens is 2. The maximum atomic E-state index is 13.3. The molecular weight excluding hydrogens is 436 g/mol. The molecule has 3 rings (SSSR count). The van der Waals surface area contributed by atoms with Gasteiger partial charge in [-0.15, -0.1) is 0 Å². The Kier molecular flexibility index (Phi) is 7.82. The average molecular weight is 463 g/mol. The molecule has 1 saturated heterocycles. The second kappa shape index (κ2) is 10.4. The summed E-state index contributed by atoms with van der Waals surface area (Å²) in [6.45, 7) is 6.75. The molecule has 3 heterocycles. The number of amides is 1. The SMILES string of the molecule is CCC(C)N1C(=O)C(=Cc2c(NCCOCCO)nc3ccc(C)cn3c2=O)SC1=S. The minimum absolute atomic E-state index is 0.0156. The molecule has 0 aromatic carbocycles. The monoisotopic (exact) mass is 462 g/mol. The van der Waals surface area contributed by atoms with Gasteiger partial charge in [0.15, 0.2) is 0 Å². The van der Waals surface area contributed by atoms with Gasteiger partial charge in [-0.05, 0) is 38.0 Å². The van der Waals surface area contributed by atoms with E-state index in [4.69, 9.17) is 22.1 Å². The van der Waals surface area contributed by atoms with Crippen LogP contribution in [-0.4, -0.2) is 62.0 Å². The molecule has 1 aliphatic heterocycles. The van der Waals surface area contributed by atoms with Crippen molar-refractivity contribution in [2.24, 2.45) is 0 Å². The molecule has 0 radical (unpaired) electrons. The fraction of sp³-hybridized carbons (Fsp3) is 0.429. The highest BCUT2D eigenvalue weighted by atomic mass is 32.2. The summed E-state index contributed by atoms with van der Waals surface area (Å²) < 4.78 is 7.24. The Morgan fingerprint density at radius 2 is 2.13 bits per heavy atom. The Balaban J connectivity index is 2.02. The Hall–Kier alpha value is -2.27. The van der Waals surface area contributed by atoms with E-state index in [9.17, 15) is 9.59 Å². The highest BCUT2D eigenvalue weighted by molar-refractivity contribution is 8.26. The molecule has 2 aromatic rings. The first-order chi connectivity index (χ1) is 14.9. The van der Waals surface area contributed by atoms with Crippen molar-refractivity contribution in [1.82, 2.24) is 14.3 Å². The molecule has 1 atom stereocenters. The van der Waals surface area contributed by atoms with E-state index in [1.165, 1.54) is 16.2 Å². The third-order valence-electron chi connectivity index (χ3n) is 4.91. The van der Waals surface area contributed by atoms with Crippen molar-refractivity contribution < 1.29 is 14.6 Å². The first-order valence-corrected chi connectivity index (χ1v) is 11.3. The van der Waals surface area contributed by atoms with E-state index in [2.05, 4.69) is 10.3 Å². The Bertz CT molecular complexity index is 1080. The number of ether oxygens (including phenoxy) is 1. The van der Waals surface area contributed by atoms with Gasteiger partial charge < -0.3 is 15.2 Å². The van der Waals surface area contributed by atoms with Gasteiger partial charge in [0.05, 0.1) is 30.3 Å². The number of aliphatic hydroxyl groups excluding tert-OH is 1. The van der Waals surface area contributed by atoms with Crippen LogP contribution in [0.4, 0.5) is 5.82 Å². The van der Waals surface area contributed by atoms with Crippen LogP contribution in [0.5, 0.6) is 0 Å². The number of hydrogen-bond donors (Lipinski definition) is 2. The van der Waals surface area contributed by atoms with Gasteiger partial charge in [0.2, 0.25) is 0 Å². The largest absolute Gasteiger partial charge is 0.394 e. The van der Waals surface area contributed by atoms with E-state index in [-0.39, 0.29) is 36.3 Å². The molecule has 1 aliphatic rings. The molecular formula is C21H26N4O4S2. The Morgan fingerprint density at radius 1 is 1.35 bits per heavy atom. The van der Waals surface area contributed by atoms with Crippen LogP contribution in [0.3, 0.4) is 0 Å². The molecule has 2 aromatic heterocycles. The van der Waals surface area contributed by atoms with Gasteiger partial charge in [-0.2, -0.15) is 0 Å². The summed E-state index contributed by atoms with van der Waals surface area (Å²) in [5, 5.41) is 12.0. The van der Waals surface area contributed by atoms with Crippen LogP contribution in [0.1, 0.15) is 31.4 Å². The maximum absolute atomic E-state index is 13.3. The molecule has 1 fully saturated rings. The zero-order chi connectivity index (χ0) is 22.5. The first kappa shape index (κ1) is 23.4. The number of aryl methyl sites for hydroxylation is 1. The van der Waals surface area contributed by atoms with Gasteiger partial charge >= 0.3 is 0 Å². The van der Waals surface area contributed by atoms with Crippen molar-refractivity contribution in [2.45, 2.75) is 33.2 Å². The number of hydrogen-bond acceptors (Lipinski definition) is 8. The summed E-state index contributed by atoms with van der Waals surface area (Å²) in [4.78, 5) is 32.8. The number of fused-ring (bicyclic) bond motifs is 1. The quantitative estimate of drug-likeness (QED) is 0.333. The fourth-order valence-corrected chi connectivity index (χ4v) is 4.55. The molecule has 0 saturated carbocycles. The van der Waals surface area contributed by atoms with Crippen LogP contribution >= 0.6 is 24.0 Å². The normalized spacial score (nSPS) is 16.5. The van der Waals surface area contributed by atoms with Crippen molar-refractivity contribution in [1.29, 1.82) is 0 Å². The summed E-state index contributed by atoms with van der Waals surface area (Å²) in [5.74, 6) is 0.172. The summed E-state index contributed by atoms with van der Waals surface area (Å²) in [6, 6.07) is 3.64. The topological polar surface area (TPSA) is 96.2 Å². The molecule has 1 amide bonds. The van der Waals surface area contributed by atoms with Crippen LogP contribution in [0.15, 0.2) is 28.0 Å². The fourth-order valence-electron chi connectivity index (χ4n) is 3.11.